The van der Waals surface area contributed by atoms with Crippen LogP contribution in [0.25, 0.3) is 0 Å². The molecule has 0 saturated heterocycles. The minimum absolute atomic E-state index is 0.0388. The predicted octanol–water partition coefficient (Wildman–Crippen LogP) is 12.6. The molecular weight excluding hydrogens is 751 g/mol. The summed E-state index contributed by atoms with van der Waals surface area (Å²) in [5.74, 6) is 0. The molecule has 3 rings (SSSR count). The molecule has 282 valence electrons. The Bertz CT molecular complexity index is 1190. The summed E-state index contributed by atoms with van der Waals surface area (Å²) >= 11 is -2.87. The number of benzene rings is 2. The van der Waals surface area contributed by atoms with Crippen molar-refractivity contribution >= 4 is 45.4 Å². The van der Waals surface area contributed by atoms with Crippen LogP contribution in [0.3, 0.4) is 0 Å². The quantitative estimate of drug-likeness (QED) is 0.117. The second-order valence-electron chi connectivity index (χ2n) is 17.4. The Kier molecular flexibility index (Phi) is 17.4. The molecule has 1 aliphatic heterocycles. The van der Waals surface area contributed by atoms with Crippen LogP contribution in [-0.4, -0.2) is 53.8 Å². The van der Waals surface area contributed by atoms with Crippen molar-refractivity contribution in [2.75, 3.05) is 6.61 Å². The molecule has 2 aromatic carbocycles. The molecule has 0 fully saturated rings. The van der Waals surface area contributed by atoms with E-state index in [0.29, 0.717) is 23.2 Å². The molecule has 0 spiro atoms. The van der Waals surface area contributed by atoms with Gasteiger partial charge in [-0.25, -0.2) is 0 Å². The molecule has 0 amide bonds. The average Bonchev–Trinajstić information content (AvgIpc) is 3.08. The first-order chi connectivity index (χ1) is 23.7. The van der Waals surface area contributed by atoms with Crippen LogP contribution in [0.1, 0.15) is 134 Å². The van der Waals surface area contributed by atoms with Gasteiger partial charge in [-0.1, -0.05) is 0 Å². The molecule has 2 aromatic rings. The van der Waals surface area contributed by atoms with Crippen LogP contribution < -0.4 is 10.4 Å². The zero-order valence-corrected chi connectivity index (χ0v) is 39.3. The number of hydrogen-bond acceptors (Lipinski definition) is 3. The molecule has 2 atom stereocenters. The molecule has 0 saturated carbocycles. The molecule has 1 aliphatic rings. The third-order valence-corrected chi connectivity index (χ3v) is 38.1. The van der Waals surface area contributed by atoms with E-state index in [1.807, 2.05) is 0 Å². The van der Waals surface area contributed by atoms with E-state index in [1.165, 1.54) is 66.0 Å². The first-order valence-electron chi connectivity index (χ1n) is 20.6. The Balaban J connectivity index is 2.07. The van der Waals surface area contributed by atoms with Gasteiger partial charge in [-0.2, -0.15) is 0 Å². The van der Waals surface area contributed by atoms with Gasteiger partial charge in [0.25, 0.3) is 0 Å². The van der Waals surface area contributed by atoms with Crippen molar-refractivity contribution in [1.82, 2.24) is 0 Å². The molecule has 0 N–H and O–H groups in total. The Morgan fingerprint density at radius 1 is 0.720 bits per heavy atom. The summed E-state index contributed by atoms with van der Waals surface area (Å²) in [5, 5.41) is 2.66. The summed E-state index contributed by atoms with van der Waals surface area (Å²) in [6.45, 7) is 29.5. The number of hydrogen-bond donors (Lipinski definition) is 0. The Morgan fingerprint density at radius 3 is 1.54 bits per heavy atom. The molecule has 0 aromatic heterocycles. The number of ether oxygens (including phenoxy) is 1. The fraction of sp³-hybridized carbons (Fsp3) is 0.682. The second kappa shape index (κ2) is 20.0. The van der Waals surface area contributed by atoms with Crippen LogP contribution >= 0.6 is 0 Å². The minimum atomic E-state index is -2.87. The number of rotatable bonds is 21. The monoisotopic (exact) mass is 828 g/mol. The van der Waals surface area contributed by atoms with E-state index in [-0.39, 0.29) is 17.2 Å². The summed E-state index contributed by atoms with van der Waals surface area (Å²) in [4.78, 5) is 0. The van der Waals surface area contributed by atoms with Gasteiger partial charge in [-0.05, 0) is 0 Å². The van der Waals surface area contributed by atoms with E-state index in [4.69, 9.17) is 13.6 Å². The summed E-state index contributed by atoms with van der Waals surface area (Å²) in [5.41, 5.74) is 1.69. The van der Waals surface area contributed by atoms with Gasteiger partial charge >= 0.3 is 318 Å². The molecule has 6 heteroatoms. The van der Waals surface area contributed by atoms with Crippen LogP contribution in [0.5, 0.6) is 0 Å². The standard InChI is InChI=1S/C32H49O3Si2.3C4H9.Sn/c1-25(2)36(26(3)4,27(5)6)35-29-20-22-33-28(24-29)21-23-34-37(32(7,8)9,30-16-12-10-13-17-30)31-18-14-11-15-19-31;3*1-3-4-2;/h10-20,25-29H,21,23-24H2,1-9H3;3*1,3-4H2,2H3;/t28-,29+;;;;/m1..../s1. The predicted molar refractivity (Wildman–Crippen MR) is 227 cm³/mol. The maximum atomic E-state index is 7.66. The summed E-state index contributed by atoms with van der Waals surface area (Å²) < 4.78 is 28.2. The van der Waals surface area contributed by atoms with Gasteiger partial charge in [0.05, 0.1) is 0 Å². The molecule has 0 radical (unpaired) electrons. The average molecular weight is 828 g/mol. The van der Waals surface area contributed by atoms with Crippen LogP contribution in [0, 0.1) is 0 Å². The van der Waals surface area contributed by atoms with Gasteiger partial charge in [-0.3, -0.25) is 0 Å². The van der Waals surface area contributed by atoms with Gasteiger partial charge in [0.2, 0.25) is 0 Å². The summed E-state index contributed by atoms with van der Waals surface area (Å²) in [7, 11) is -4.71. The fourth-order valence-electron chi connectivity index (χ4n) is 9.39. The normalized spacial score (nSPS) is 17.8. The third-order valence-electron chi connectivity index (χ3n) is 11.9. The van der Waals surface area contributed by atoms with Gasteiger partial charge in [0.1, 0.15) is 0 Å². The van der Waals surface area contributed by atoms with E-state index < -0.39 is 35.0 Å². The number of unbranched alkanes of at least 4 members (excludes halogenated alkanes) is 3. The van der Waals surface area contributed by atoms with Crippen molar-refractivity contribution in [2.45, 2.75) is 182 Å². The van der Waals surface area contributed by atoms with Gasteiger partial charge in [0, 0.05) is 0 Å². The topological polar surface area (TPSA) is 27.7 Å². The zero-order valence-electron chi connectivity index (χ0n) is 34.4. The van der Waals surface area contributed by atoms with Crippen molar-refractivity contribution in [1.29, 1.82) is 0 Å². The molecule has 50 heavy (non-hydrogen) atoms. The Labute approximate surface area is 315 Å². The third kappa shape index (κ3) is 10.2. The maximum absolute atomic E-state index is 7.66. The zero-order chi connectivity index (χ0) is 37.0. The summed E-state index contributed by atoms with van der Waals surface area (Å²) in [6, 6.07) is 22.2. The van der Waals surface area contributed by atoms with Crippen molar-refractivity contribution in [3.05, 3.63) is 70.5 Å². The summed E-state index contributed by atoms with van der Waals surface area (Å²) in [6.07, 6.45) is 12.5. The molecule has 0 unspecified atom stereocenters. The van der Waals surface area contributed by atoms with Crippen molar-refractivity contribution in [3.63, 3.8) is 0 Å². The molecule has 0 aliphatic carbocycles. The fourth-order valence-corrected chi connectivity index (χ4v) is 35.3. The van der Waals surface area contributed by atoms with Crippen molar-refractivity contribution in [2.24, 2.45) is 0 Å². The Hall–Kier alpha value is -0.868. The van der Waals surface area contributed by atoms with Gasteiger partial charge < -0.3 is 0 Å². The van der Waals surface area contributed by atoms with E-state index >= 15 is 0 Å². The van der Waals surface area contributed by atoms with Gasteiger partial charge in [0.15, 0.2) is 0 Å². The van der Waals surface area contributed by atoms with E-state index in [9.17, 15) is 0 Å². The van der Waals surface area contributed by atoms with Crippen molar-refractivity contribution in [3.8, 4) is 0 Å². The first kappa shape index (κ1) is 43.5. The molecule has 0 bridgehead atoms. The SMILES string of the molecule is CCC[CH2][Sn]([CH2]CCC)([CH2]CCC)[C]1=C[C@H](O[Si](C(C)C)(C(C)C)C(C)C)C[C@@H](CCO[Si](c2ccccc2)(c2ccccc2)C(C)(C)C)O1. The van der Waals surface area contributed by atoms with Crippen molar-refractivity contribution < 1.29 is 13.6 Å². The molecular formula is C44H76O3Si2Sn. The van der Waals surface area contributed by atoms with E-state index in [2.05, 4.69) is 150 Å². The molecule has 1 heterocycles. The van der Waals surface area contributed by atoms with Gasteiger partial charge in [-0.15, -0.1) is 0 Å². The van der Waals surface area contributed by atoms with Crippen LogP contribution in [0.2, 0.25) is 35.0 Å². The second-order valence-corrected chi connectivity index (χ2v) is 40.1. The van der Waals surface area contributed by atoms with Crippen LogP contribution in [0.4, 0.5) is 0 Å². The first-order valence-corrected chi connectivity index (χ1v) is 32.1. The van der Waals surface area contributed by atoms with Crippen LogP contribution in [0.15, 0.2) is 70.5 Å². The van der Waals surface area contributed by atoms with E-state index in [1.54, 1.807) is 0 Å². The Morgan fingerprint density at radius 2 is 1.16 bits per heavy atom. The van der Waals surface area contributed by atoms with Crippen LogP contribution in [-0.2, 0) is 13.6 Å². The molecule has 3 nitrogen and oxygen atoms in total. The van der Waals surface area contributed by atoms with E-state index in [0.717, 1.165) is 12.8 Å².